The number of aromatic nitrogens is 3. The van der Waals surface area contributed by atoms with E-state index in [1.165, 1.54) is 6.92 Å². The van der Waals surface area contributed by atoms with Crippen LogP contribution in [0.1, 0.15) is 75.5 Å². The van der Waals surface area contributed by atoms with E-state index in [0.717, 1.165) is 65.8 Å². The second-order valence-electron chi connectivity index (χ2n) is 18.6. The average Bonchev–Trinajstić information content (AvgIpc) is 1.04. The van der Waals surface area contributed by atoms with Crippen molar-refractivity contribution in [3.8, 4) is 17.2 Å². The van der Waals surface area contributed by atoms with Crippen LogP contribution in [0.25, 0.3) is 0 Å². The minimum Gasteiger partial charge on any atom is -0.489 e. The first-order chi connectivity index (χ1) is 41.7. The van der Waals surface area contributed by atoms with E-state index in [1.54, 1.807) is 16.9 Å². The molecule has 6 N–H and O–H groups in total. The first-order valence-electron chi connectivity index (χ1n) is 26.6. The van der Waals surface area contributed by atoms with E-state index in [4.69, 9.17) is 91.8 Å². The highest BCUT2D eigenvalue weighted by atomic mass is 35.5. The summed E-state index contributed by atoms with van der Waals surface area (Å²) in [5.74, 6) is -2.25. The number of halogens is 8. The van der Waals surface area contributed by atoms with Crippen molar-refractivity contribution in [2.75, 3.05) is 79.2 Å². The summed E-state index contributed by atoms with van der Waals surface area (Å²) in [4.78, 5) is 98.3. The van der Waals surface area contributed by atoms with Crippen molar-refractivity contribution < 1.29 is 85.2 Å². The van der Waals surface area contributed by atoms with Crippen LogP contribution in [0, 0.1) is 17.0 Å². The molecule has 89 heavy (non-hydrogen) atoms. The molecule has 0 fully saturated rings. The number of anilines is 4. The summed E-state index contributed by atoms with van der Waals surface area (Å²) in [7, 11) is -2.46. The molecule has 0 aliphatic carbocycles. The molecule has 6 rings (SSSR count). The zero-order valence-electron chi connectivity index (χ0n) is 49.5. The second-order valence-corrected chi connectivity index (χ2v) is 22.3. The molecule has 1 aliphatic heterocycles. The monoisotopic (exact) mass is 1370 g/mol. The quantitative estimate of drug-likeness (QED) is 0.0123. The zero-order valence-corrected chi connectivity index (χ0v) is 54.2. The van der Waals surface area contributed by atoms with Crippen LogP contribution >= 0.6 is 65.6 Å². The molecule has 490 valence electrons. The van der Waals surface area contributed by atoms with Crippen LogP contribution in [0.3, 0.4) is 0 Å². The lowest BCUT2D eigenvalue weighted by Gasteiger charge is -2.35. The van der Waals surface area contributed by atoms with E-state index in [2.05, 4.69) is 48.6 Å². The van der Waals surface area contributed by atoms with Crippen molar-refractivity contribution in [1.82, 2.24) is 20.3 Å². The minimum absolute atomic E-state index is 0.0223. The standard InChI is InChI=1S/C18H13ClF3NO7.C15H22ClNO2.C11H11Cl2NO2.C8H14ClN5.C3H8NO5P/c1-2-28-16(24)9-29-17(25)12-8-11(4-5-14(12)23(26)27)30-15-6-3-10(7-13(15)19)18(20,21)22;1-5-13-8-6-7-11(2)15(13)17(14(18)9-16)12(3)10-19-4;1-7-6-16-9-5-3-2-4-8(9)14(7)11(15)10(12)13;1-4-10-7-12-6(9)13-8(14-7)11-5(2)3;5-3(6)1-4-2-10(7,8)9/h3-8H,2,9H2,1H3;6-8,12H,5,9-10H2,1-4H3;2-5,7,10H,6H2,1H3;5H,4H2,1-3H3,(H2,10,11,12,13,14);4H,1-2H2,(H,5,6)(H2,7,8,9). The lowest BCUT2D eigenvalue weighted by molar-refractivity contribution is -0.385. The van der Waals surface area contributed by atoms with E-state index in [9.17, 15) is 51.8 Å². The van der Waals surface area contributed by atoms with Gasteiger partial charge in [0.15, 0.2) is 11.4 Å². The number of para-hydroxylation sites is 3. The van der Waals surface area contributed by atoms with E-state index < -0.39 is 77.7 Å². The van der Waals surface area contributed by atoms with Gasteiger partial charge in [-0.2, -0.15) is 28.1 Å². The number of benzene rings is 4. The zero-order chi connectivity index (χ0) is 67.3. The largest absolute Gasteiger partial charge is 0.489 e. The molecule has 2 atom stereocenters. The highest BCUT2D eigenvalue weighted by molar-refractivity contribution is 7.51. The number of fused-ring (bicyclic) bond motifs is 1. The van der Waals surface area contributed by atoms with Gasteiger partial charge in [0.2, 0.25) is 23.1 Å². The van der Waals surface area contributed by atoms with Gasteiger partial charge in [-0.15, -0.1) is 11.6 Å². The molecule has 0 bridgehead atoms. The Morgan fingerprint density at radius 3 is 2.16 bits per heavy atom. The van der Waals surface area contributed by atoms with Gasteiger partial charge in [0.05, 0.1) is 65.0 Å². The molecule has 0 saturated heterocycles. The van der Waals surface area contributed by atoms with Crippen molar-refractivity contribution in [2.45, 2.75) is 90.9 Å². The van der Waals surface area contributed by atoms with E-state index in [1.807, 2.05) is 77.9 Å². The number of rotatable bonds is 22. The molecule has 25 nitrogen and oxygen atoms in total. The number of amides is 2. The molecule has 1 aromatic heterocycles. The number of carbonyl (C=O) groups is 5. The lowest BCUT2D eigenvalue weighted by Crippen LogP contribution is -2.47. The summed E-state index contributed by atoms with van der Waals surface area (Å²) in [5, 5.41) is 27.1. The maximum atomic E-state index is 12.7. The Morgan fingerprint density at radius 2 is 1.61 bits per heavy atom. The van der Waals surface area contributed by atoms with Gasteiger partial charge in [0.25, 0.3) is 11.6 Å². The third kappa shape index (κ3) is 27.4. The molecule has 4 aromatic carbocycles. The summed E-state index contributed by atoms with van der Waals surface area (Å²) in [6, 6.07) is 18.9. The SMILES string of the molecule is CC1COc2ccccc2N1C(=O)C(Cl)Cl.CCNc1nc(Cl)nc(NC(C)C)n1.CCOC(=O)COC(=O)c1cc(Oc2ccc(C(F)(F)F)cc2Cl)ccc1[N+](=O)[O-].CCc1cccc(C)c1N(C(=O)CCl)C(C)COC.O=C(O)CNCP(=O)(O)O. The number of nitro benzene ring substituents is 1. The van der Waals surface area contributed by atoms with Gasteiger partial charge in [0.1, 0.15) is 35.3 Å². The molecule has 2 amide bonds. The number of hydrogen-bond acceptors (Lipinski definition) is 19. The van der Waals surface area contributed by atoms with Crippen LogP contribution in [-0.4, -0.2) is 146 Å². The molecule has 2 heterocycles. The number of ether oxygens (including phenoxy) is 5. The number of methoxy groups -OCH3 is 1. The van der Waals surface area contributed by atoms with E-state index in [-0.39, 0.29) is 64.2 Å². The Bertz CT molecular complexity index is 3210. The Balaban J connectivity index is 0.000000399. The van der Waals surface area contributed by atoms with Crippen molar-refractivity contribution in [3.05, 3.63) is 122 Å². The van der Waals surface area contributed by atoms with Crippen molar-refractivity contribution in [3.63, 3.8) is 0 Å². The number of alkyl halides is 6. The first-order valence-corrected chi connectivity index (χ1v) is 30.5. The molecule has 0 saturated carbocycles. The number of carbonyl (C=O) groups excluding carboxylic acids is 4. The molecular weight excluding hydrogens is 1310 g/mol. The number of carboxylic acids is 1. The van der Waals surface area contributed by atoms with Crippen molar-refractivity contribution >= 4 is 124 Å². The molecule has 34 heteroatoms. The molecule has 5 aromatic rings. The van der Waals surface area contributed by atoms with Gasteiger partial charge in [-0.1, -0.05) is 72.1 Å². The summed E-state index contributed by atoms with van der Waals surface area (Å²) in [6.45, 7) is 16.0. The van der Waals surface area contributed by atoms with Gasteiger partial charge in [-0.05, 0) is 114 Å². The molecule has 1 aliphatic rings. The van der Waals surface area contributed by atoms with Crippen molar-refractivity contribution in [2.24, 2.45) is 0 Å². The summed E-state index contributed by atoms with van der Waals surface area (Å²) in [6.07, 6.45) is -4.33. The number of aliphatic carboxylic acids is 1. The number of hydrogen-bond donors (Lipinski definition) is 6. The van der Waals surface area contributed by atoms with Crippen LogP contribution < -0.4 is 35.2 Å². The second kappa shape index (κ2) is 38.6. The number of carboxylic acid groups (broad SMARTS) is 1. The first kappa shape index (κ1) is 78.2. The maximum absolute atomic E-state index is 12.7. The number of nitrogens with one attached hydrogen (secondary N) is 3. The molecule has 0 spiro atoms. The molecular formula is C55H68Cl5F3N9O16P. The Labute approximate surface area is 536 Å². The Kier molecular flexibility index (Phi) is 34.0. The highest BCUT2D eigenvalue weighted by Crippen LogP contribution is 2.38. The molecule has 0 radical (unpaired) electrons. The van der Waals surface area contributed by atoms with Gasteiger partial charge in [-0.25, -0.2) is 9.59 Å². The smallest absolute Gasteiger partial charge is 0.416 e. The fourth-order valence-electron chi connectivity index (χ4n) is 7.47. The van der Waals surface area contributed by atoms with Crippen LogP contribution in [-0.2, 0) is 50.6 Å². The van der Waals surface area contributed by atoms with E-state index >= 15 is 0 Å². The average molecular weight is 1380 g/mol. The molecule has 2 unspecified atom stereocenters. The van der Waals surface area contributed by atoms with Gasteiger partial charge in [0, 0.05) is 31.8 Å². The third-order valence-electron chi connectivity index (χ3n) is 11.1. The van der Waals surface area contributed by atoms with Crippen molar-refractivity contribution in [1.29, 1.82) is 0 Å². The maximum Gasteiger partial charge on any atom is 0.416 e. The van der Waals surface area contributed by atoms with E-state index in [0.29, 0.717) is 36.9 Å². The van der Waals surface area contributed by atoms with Crippen LogP contribution in [0.2, 0.25) is 10.3 Å². The minimum atomic E-state index is -4.61. The predicted octanol–water partition coefficient (Wildman–Crippen LogP) is 11.1. The summed E-state index contributed by atoms with van der Waals surface area (Å²) in [5.41, 5.74) is 1.77. The van der Waals surface area contributed by atoms with Crippen LogP contribution in [0.15, 0.2) is 78.9 Å². The summed E-state index contributed by atoms with van der Waals surface area (Å²) >= 11 is 28.5. The number of nitrogens with zero attached hydrogens (tertiary/aromatic N) is 6. The fraction of sp³-hybridized carbons (Fsp3) is 0.418. The van der Waals surface area contributed by atoms with Crippen LogP contribution in [0.5, 0.6) is 17.2 Å². The third-order valence-corrected chi connectivity index (χ3v) is 12.8. The number of aryl methyl sites for hydroxylation is 2. The lowest BCUT2D eigenvalue weighted by atomic mass is 10.0. The Morgan fingerprint density at radius 1 is 0.944 bits per heavy atom. The van der Waals surface area contributed by atoms with Gasteiger partial charge < -0.3 is 59.0 Å². The fourth-order valence-corrected chi connectivity index (χ4v) is 8.60. The normalized spacial score (nSPS) is 12.7. The highest BCUT2D eigenvalue weighted by Gasteiger charge is 2.33. The summed E-state index contributed by atoms with van der Waals surface area (Å²) < 4.78 is 73.5. The predicted molar refractivity (Wildman–Crippen MR) is 331 cm³/mol. The topological polar surface area (TPSA) is 334 Å². The van der Waals surface area contributed by atoms with Gasteiger partial charge in [-0.3, -0.25) is 34.4 Å². The Hall–Kier alpha value is -6.85. The number of nitro groups is 1. The van der Waals surface area contributed by atoms with Crippen LogP contribution in [0.4, 0.5) is 42.1 Å². The van der Waals surface area contributed by atoms with Gasteiger partial charge >= 0.3 is 31.7 Å². The number of esters is 2.